The first-order chi connectivity index (χ1) is 11.3. The number of thiazole rings is 1. The SMILES string of the molecule is CCNC(=NCc1cn2ccsc2n1)N(C)CCOCC1CC1. The van der Waals surface area contributed by atoms with Gasteiger partial charge < -0.3 is 15.0 Å². The number of nitrogens with zero attached hydrogens (tertiary/aromatic N) is 4. The molecule has 3 rings (SSSR count). The molecule has 0 saturated heterocycles. The molecule has 0 bridgehead atoms. The van der Waals surface area contributed by atoms with E-state index < -0.39 is 0 Å². The van der Waals surface area contributed by atoms with Crippen LogP contribution in [-0.4, -0.2) is 53.6 Å². The van der Waals surface area contributed by atoms with Gasteiger partial charge >= 0.3 is 0 Å². The predicted molar refractivity (Wildman–Crippen MR) is 94.1 cm³/mol. The fourth-order valence-electron chi connectivity index (χ4n) is 2.32. The molecule has 126 valence electrons. The van der Waals surface area contributed by atoms with Crippen molar-refractivity contribution >= 4 is 22.3 Å². The van der Waals surface area contributed by atoms with Gasteiger partial charge in [0, 0.05) is 44.5 Å². The topological polar surface area (TPSA) is 54.2 Å². The standard InChI is InChI=1S/C16H25N5OS/c1-3-17-15(20(2)6-8-22-12-13-4-5-13)18-10-14-11-21-7-9-23-16(21)19-14/h7,9,11,13H,3-6,8,10,12H2,1-2H3,(H,17,18). The van der Waals surface area contributed by atoms with Gasteiger partial charge in [-0.15, -0.1) is 11.3 Å². The van der Waals surface area contributed by atoms with Gasteiger partial charge in [0.15, 0.2) is 10.9 Å². The second-order valence-corrected chi connectivity index (χ2v) is 6.81. The lowest BCUT2D eigenvalue weighted by molar-refractivity contribution is 0.115. The van der Waals surface area contributed by atoms with Crippen LogP contribution >= 0.6 is 11.3 Å². The van der Waals surface area contributed by atoms with E-state index in [2.05, 4.69) is 27.1 Å². The van der Waals surface area contributed by atoms with Gasteiger partial charge in [-0.2, -0.15) is 0 Å². The van der Waals surface area contributed by atoms with Crippen LogP contribution in [0.3, 0.4) is 0 Å². The molecule has 0 spiro atoms. The minimum atomic E-state index is 0.587. The number of fused-ring (bicyclic) bond motifs is 1. The highest BCUT2D eigenvalue weighted by atomic mass is 32.1. The van der Waals surface area contributed by atoms with Crippen molar-refractivity contribution in [3.63, 3.8) is 0 Å². The summed E-state index contributed by atoms with van der Waals surface area (Å²) in [5, 5.41) is 5.37. The highest BCUT2D eigenvalue weighted by molar-refractivity contribution is 7.15. The molecular formula is C16H25N5OS. The number of rotatable bonds is 8. The molecule has 1 fully saturated rings. The Morgan fingerprint density at radius 2 is 2.43 bits per heavy atom. The smallest absolute Gasteiger partial charge is 0.194 e. The van der Waals surface area contributed by atoms with Crippen LogP contribution in [0.1, 0.15) is 25.5 Å². The quantitative estimate of drug-likeness (QED) is 0.457. The molecule has 23 heavy (non-hydrogen) atoms. The minimum Gasteiger partial charge on any atom is -0.379 e. The Labute approximate surface area is 141 Å². The molecule has 6 nitrogen and oxygen atoms in total. The normalized spacial score (nSPS) is 15.3. The van der Waals surface area contributed by atoms with E-state index in [9.17, 15) is 0 Å². The molecule has 1 aliphatic carbocycles. The van der Waals surface area contributed by atoms with Crippen LogP contribution in [0.5, 0.6) is 0 Å². The summed E-state index contributed by atoms with van der Waals surface area (Å²) < 4.78 is 7.75. The zero-order valence-corrected chi connectivity index (χ0v) is 14.7. The first-order valence-electron chi connectivity index (χ1n) is 8.24. The summed E-state index contributed by atoms with van der Waals surface area (Å²) in [6, 6.07) is 0. The average molecular weight is 335 g/mol. The molecule has 2 aromatic rings. The zero-order valence-electron chi connectivity index (χ0n) is 13.9. The molecule has 1 N–H and O–H groups in total. The third kappa shape index (κ3) is 4.68. The summed E-state index contributed by atoms with van der Waals surface area (Å²) in [7, 11) is 2.05. The van der Waals surface area contributed by atoms with E-state index in [1.165, 1.54) is 12.8 Å². The third-order valence-electron chi connectivity index (χ3n) is 3.85. The van der Waals surface area contributed by atoms with Gasteiger partial charge in [0.1, 0.15) is 0 Å². The van der Waals surface area contributed by atoms with E-state index in [0.717, 1.165) is 48.8 Å². The van der Waals surface area contributed by atoms with Gasteiger partial charge in [-0.1, -0.05) is 0 Å². The van der Waals surface area contributed by atoms with Gasteiger partial charge in [0.05, 0.1) is 18.8 Å². The Bertz CT molecular complexity index is 617. The summed E-state index contributed by atoms with van der Waals surface area (Å²) in [4.78, 5) is 12.4. The Morgan fingerprint density at radius 1 is 1.57 bits per heavy atom. The summed E-state index contributed by atoms with van der Waals surface area (Å²) in [5.74, 6) is 1.72. The number of ether oxygens (including phenoxy) is 1. The Balaban J connectivity index is 1.51. The number of nitrogens with one attached hydrogen (secondary N) is 1. The van der Waals surface area contributed by atoms with Crippen LogP contribution in [0.2, 0.25) is 0 Å². The molecule has 2 aromatic heterocycles. The van der Waals surface area contributed by atoms with Crippen molar-refractivity contribution in [3.8, 4) is 0 Å². The molecule has 2 heterocycles. The molecular weight excluding hydrogens is 310 g/mol. The molecule has 0 amide bonds. The fraction of sp³-hybridized carbons (Fsp3) is 0.625. The van der Waals surface area contributed by atoms with Crippen LogP contribution in [-0.2, 0) is 11.3 Å². The average Bonchev–Trinajstić information content (AvgIpc) is 3.13. The van der Waals surface area contributed by atoms with E-state index in [1.807, 2.05) is 29.2 Å². The van der Waals surface area contributed by atoms with Crippen LogP contribution in [0, 0.1) is 5.92 Å². The van der Waals surface area contributed by atoms with Gasteiger partial charge in [0.25, 0.3) is 0 Å². The molecule has 1 saturated carbocycles. The zero-order chi connectivity index (χ0) is 16.1. The molecule has 0 aliphatic heterocycles. The maximum atomic E-state index is 5.71. The van der Waals surface area contributed by atoms with Gasteiger partial charge in [-0.25, -0.2) is 9.98 Å². The molecule has 7 heteroatoms. The summed E-state index contributed by atoms with van der Waals surface area (Å²) >= 11 is 1.64. The molecule has 1 aliphatic rings. The second-order valence-electron chi connectivity index (χ2n) is 5.94. The third-order valence-corrected chi connectivity index (χ3v) is 4.62. The first-order valence-corrected chi connectivity index (χ1v) is 9.12. The van der Waals surface area contributed by atoms with Crippen molar-refractivity contribution < 1.29 is 4.74 Å². The number of aliphatic imine (C=N–C) groups is 1. The lowest BCUT2D eigenvalue weighted by Crippen LogP contribution is -2.40. The molecule has 0 unspecified atom stereocenters. The summed E-state index contributed by atoms with van der Waals surface area (Å²) in [6.07, 6.45) is 6.73. The maximum Gasteiger partial charge on any atom is 0.194 e. The van der Waals surface area contributed by atoms with Crippen LogP contribution in [0.25, 0.3) is 4.96 Å². The van der Waals surface area contributed by atoms with E-state index in [0.29, 0.717) is 6.54 Å². The molecule has 0 atom stereocenters. The van der Waals surface area contributed by atoms with Crippen molar-refractivity contribution in [2.24, 2.45) is 10.9 Å². The highest BCUT2D eigenvalue weighted by Crippen LogP contribution is 2.28. The Morgan fingerprint density at radius 3 is 3.17 bits per heavy atom. The summed E-state index contributed by atoms with van der Waals surface area (Å²) in [6.45, 7) is 6.02. The second kappa shape index (κ2) is 7.79. The van der Waals surface area contributed by atoms with E-state index >= 15 is 0 Å². The number of imidazole rings is 1. The highest BCUT2D eigenvalue weighted by Gasteiger charge is 2.21. The van der Waals surface area contributed by atoms with Crippen molar-refractivity contribution in [2.45, 2.75) is 26.3 Å². The van der Waals surface area contributed by atoms with Crippen LogP contribution in [0.4, 0.5) is 0 Å². The molecule has 0 radical (unpaired) electrons. The van der Waals surface area contributed by atoms with Crippen molar-refractivity contribution in [1.82, 2.24) is 19.6 Å². The van der Waals surface area contributed by atoms with Crippen molar-refractivity contribution in [2.75, 3.05) is 33.4 Å². The summed E-state index contributed by atoms with van der Waals surface area (Å²) in [5.41, 5.74) is 0.991. The van der Waals surface area contributed by atoms with Gasteiger partial charge in [-0.05, 0) is 25.7 Å². The van der Waals surface area contributed by atoms with Crippen LogP contribution < -0.4 is 5.32 Å². The van der Waals surface area contributed by atoms with Crippen LogP contribution in [0.15, 0.2) is 22.8 Å². The van der Waals surface area contributed by atoms with Gasteiger partial charge in [-0.3, -0.25) is 4.40 Å². The lowest BCUT2D eigenvalue weighted by atomic mass is 10.4. The monoisotopic (exact) mass is 335 g/mol. The predicted octanol–water partition coefficient (Wildman–Crippen LogP) is 2.22. The van der Waals surface area contributed by atoms with E-state index in [1.54, 1.807) is 11.3 Å². The van der Waals surface area contributed by atoms with Gasteiger partial charge in [0.2, 0.25) is 0 Å². The Hall–Kier alpha value is -1.60. The minimum absolute atomic E-state index is 0.587. The lowest BCUT2D eigenvalue weighted by Gasteiger charge is -2.21. The van der Waals surface area contributed by atoms with Crippen molar-refractivity contribution in [1.29, 1.82) is 0 Å². The number of aromatic nitrogens is 2. The largest absolute Gasteiger partial charge is 0.379 e. The number of hydrogen-bond acceptors (Lipinski definition) is 4. The maximum absolute atomic E-state index is 5.71. The number of hydrogen-bond donors (Lipinski definition) is 1. The Kier molecular flexibility index (Phi) is 5.51. The first kappa shape index (κ1) is 16.3. The fourth-order valence-corrected chi connectivity index (χ4v) is 3.04. The number of guanidine groups is 1. The molecule has 0 aromatic carbocycles. The van der Waals surface area contributed by atoms with Crippen molar-refractivity contribution in [3.05, 3.63) is 23.5 Å². The number of likely N-dealkylation sites (N-methyl/N-ethyl adjacent to an activating group) is 1. The van der Waals surface area contributed by atoms with E-state index in [4.69, 9.17) is 4.74 Å². The van der Waals surface area contributed by atoms with E-state index in [-0.39, 0.29) is 0 Å².